The second kappa shape index (κ2) is 5.76. The average molecular weight is 290 g/mol. The van der Waals surface area contributed by atoms with Crippen LogP contribution in [0, 0.1) is 19.3 Å². The van der Waals surface area contributed by atoms with E-state index in [0.29, 0.717) is 25.9 Å². The summed E-state index contributed by atoms with van der Waals surface area (Å²) in [6.07, 6.45) is 0.977. The molecule has 0 spiro atoms. The fourth-order valence-electron chi connectivity index (χ4n) is 2.50. The summed E-state index contributed by atoms with van der Waals surface area (Å²) < 4.78 is 0. The van der Waals surface area contributed by atoms with Gasteiger partial charge in [-0.05, 0) is 50.8 Å². The highest BCUT2D eigenvalue weighted by atomic mass is 16.4. The smallest absolute Gasteiger partial charge is 0.321 e. The van der Waals surface area contributed by atoms with Crippen LogP contribution >= 0.6 is 0 Å². The van der Waals surface area contributed by atoms with Crippen molar-refractivity contribution in [3.05, 3.63) is 29.3 Å². The van der Waals surface area contributed by atoms with Crippen molar-refractivity contribution in [2.45, 2.75) is 33.6 Å². The number of nitrogens with zero attached hydrogens (tertiary/aromatic N) is 1. The lowest BCUT2D eigenvalue weighted by molar-refractivity contribution is -0.150. The SMILES string of the molecule is Cc1cccc(NC(=O)N2CCC(C)(C(=O)O)CC2)c1C. The number of carbonyl (C=O) groups is 2. The quantitative estimate of drug-likeness (QED) is 0.879. The maximum Gasteiger partial charge on any atom is 0.321 e. The largest absolute Gasteiger partial charge is 0.481 e. The van der Waals surface area contributed by atoms with Gasteiger partial charge >= 0.3 is 12.0 Å². The van der Waals surface area contributed by atoms with Crippen LogP contribution in [0.4, 0.5) is 10.5 Å². The van der Waals surface area contributed by atoms with E-state index < -0.39 is 11.4 Å². The van der Waals surface area contributed by atoms with Crippen LogP contribution < -0.4 is 5.32 Å². The number of benzene rings is 1. The van der Waals surface area contributed by atoms with Crippen molar-refractivity contribution >= 4 is 17.7 Å². The summed E-state index contributed by atoms with van der Waals surface area (Å²) in [5, 5.41) is 12.1. The number of aliphatic carboxylic acids is 1. The number of aryl methyl sites for hydroxylation is 1. The fourth-order valence-corrected chi connectivity index (χ4v) is 2.50. The molecule has 0 radical (unpaired) electrons. The molecule has 2 N–H and O–H groups in total. The van der Waals surface area contributed by atoms with Gasteiger partial charge < -0.3 is 15.3 Å². The zero-order chi connectivity index (χ0) is 15.6. The first-order chi connectivity index (χ1) is 9.83. The third kappa shape index (κ3) is 3.17. The van der Waals surface area contributed by atoms with Gasteiger partial charge in [0.25, 0.3) is 0 Å². The molecule has 1 aliphatic heterocycles. The van der Waals surface area contributed by atoms with Crippen LogP contribution in [0.2, 0.25) is 0 Å². The lowest BCUT2D eigenvalue weighted by atomic mass is 9.80. The number of urea groups is 1. The van der Waals surface area contributed by atoms with Crippen molar-refractivity contribution in [1.82, 2.24) is 4.90 Å². The summed E-state index contributed by atoms with van der Waals surface area (Å²) in [5.41, 5.74) is 2.28. The molecule has 2 amide bonds. The molecule has 5 heteroatoms. The number of carbonyl (C=O) groups excluding carboxylic acids is 1. The van der Waals surface area contributed by atoms with Crippen LogP contribution in [-0.4, -0.2) is 35.1 Å². The number of rotatable bonds is 2. The molecule has 1 aliphatic rings. The van der Waals surface area contributed by atoms with E-state index in [1.54, 1.807) is 11.8 Å². The molecule has 5 nitrogen and oxygen atoms in total. The maximum atomic E-state index is 12.3. The molecular weight excluding hydrogens is 268 g/mol. The van der Waals surface area contributed by atoms with Gasteiger partial charge in [-0.3, -0.25) is 4.79 Å². The average Bonchev–Trinajstić information content (AvgIpc) is 2.44. The van der Waals surface area contributed by atoms with Crippen molar-refractivity contribution in [3.63, 3.8) is 0 Å². The van der Waals surface area contributed by atoms with Crippen molar-refractivity contribution in [2.24, 2.45) is 5.41 Å². The maximum absolute atomic E-state index is 12.3. The number of carboxylic acid groups (broad SMARTS) is 1. The van der Waals surface area contributed by atoms with Crippen LogP contribution in [0.5, 0.6) is 0 Å². The van der Waals surface area contributed by atoms with Crippen LogP contribution in [0.15, 0.2) is 18.2 Å². The number of hydrogen-bond donors (Lipinski definition) is 2. The van der Waals surface area contributed by atoms with E-state index >= 15 is 0 Å². The third-order valence-electron chi connectivity index (χ3n) is 4.52. The molecule has 0 saturated carbocycles. The summed E-state index contributed by atoms with van der Waals surface area (Å²) in [6, 6.07) is 5.64. The van der Waals surface area contributed by atoms with Gasteiger partial charge in [0.05, 0.1) is 5.41 Å². The number of piperidine rings is 1. The zero-order valence-corrected chi connectivity index (χ0v) is 12.8. The summed E-state index contributed by atoms with van der Waals surface area (Å²) in [4.78, 5) is 25.2. The second-order valence-corrected chi connectivity index (χ2v) is 6.03. The monoisotopic (exact) mass is 290 g/mol. The molecule has 1 aromatic carbocycles. The van der Waals surface area contributed by atoms with E-state index in [-0.39, 0.29) is 6.03 Å². The Kier molecular flexibility index (Phi) is 4.21. The van der Waals surface area contributed by atoms with Gasteiger partial charge in [0.2, 0.25) is 0 Å². The van der Waals surface area contributed by atoms with E-state index in [4.69, 9.17) is 0 Å². The standard InChI is InChI=1S/C16H22N2O3/c1-11-5-4-6-13(12(11)2)17-15(21)18-9-7-16(3,8-10-18)14(19)20/h4-6H,7-10H2,1-3H3,(H,17,21)(H,19,20). The van der Waals surface area contributed by atoms with Gasteiger partial charge in [0.15, 0.2) is 0 Å². The van der Waals surface area contributed by atoms with Crippen LogP contribution in [0.1, 0.15) is 30.9 Å². The molecule has 1 fully saturated rings. The molecule has 0 aliphatic carbocycles. The first-order valence-corrected chi connectivity index (χ1v) is 7.19. The van der Waals surface area contributed by atoms with Gasteiger partial charge in [-0.15, -0.1) is 0 Å². The van der Waals surface area contributed by atoms with E-state index in [9.17, 15) is 14.7 Å². The minimum atomic E-state index is -0.780. The predicted octanol–water partition coefficient (Wildman–Crippen LogP) is 3.02. The summed E-state index contributed by atoms with van der Waals surface area (Å²) in [7, 11) is 0. The van der Waals surface area contributed by atoms with Gasteiger partial charge in [-0.2, -0.15) is 0 Å². The lowest BCUT2D eigenvalue weighted by Crippen LogP contribution is -2.46. The number of carboxylic acids is 1. The lowest BCUT2D eigenvalue weighted by Gasteiger charge is -2.36. The number of hydrogen-bond acceptors (Lipinski definition) is 2. The molecule has 2 rings (SSSR count). The Morgan fingerprint density at radius 2 is 1.86 bits per heavy atom. The topological polar surface area (TPSA) is 69.6 Å². The fraction of sp³-hybridized carbons (Fsp3) is 0.500. The van der Waals surface area contributed by atoms with Crippen molar-refractivity contribution in [1.29, 1.82) is 0 Å². The molecule has 21 heavy (non-hydrogen) atoms. The minimum Gasteiger partial charge on any atom is -0.481 e. The zero-order valence-electron chi connectivity index (χ0n) is 12.8. The van der Waals surface area contributed by atoms with Gasteiger partial charge in [0, 0.05) is 18.8 Å². The molecule has 0 aromatic heterocycles. The van der Waals surface area contributed by atoms with Crippen molar-refractivity contribution < 1.29 is 14.7 Å². The highest BCUT2D eigenvalue weighted by molar-refractivity contribution is 5.90. The van der Waals surface area contributed by atoms with Crippen LogP contribution in [-0.2, 0) is 4.79 Å². The normalized spacial score (nSPS) is 17.4. The number of likely N-dealkylation sites (tertiary alicyclic amines) is 1. The Bertz CT molecular complexity index is 561. The number of nitrogens with one attached hydrogen (secondary N) is 1. The third-order valence-corrected chi connectivity index (χ3v) is 4.52. The Hall–Kier alpha value is -2.04. The Morgan fingerprint density at radius 1 is 1.24 bits per heavy atom. The Labute approximate surface area is 125 Å². The van der Waals surface area contributed by atoms with E-state index in [1.807, 2.05) is 32.0 Å². The molecule has 1 heterocycles. The Morgan fingerprint density at radius 3 is 2.43 bits per heavy atom. The summed E-state index contributed by atoms with van der Waals surface area (Å²) in [6.45, 7) is 6.67. The molecule has 1 saturated heterocycles. The minimum absolute atomic E-state index is 0.156. The van der Waals surface area contributed by atoms with Crippen molar-refractivity contribution in [3.8, 4) is 0 Å². The highest BCUT2D eigenvalue weighted by Gasteiger charge is 2.38. The Balaban J connectivity index is 2.00. The van der Waals surface area contributed by atoms with Gasteiger partial charge in [-0.25, -0.2) is 4.79 Å². The predicted molar refractivity (Wildman–Crippen MR) is 81.5 cm³/mol. The molecule has 0 bridgehead atoms. The van der Waals surface area contributed by atoms with Crippen molar-refractivity contribution in [2.75, 3.05) is 18.4 Å². The number of anilines is 1. The molecule has 114 valence electrons. The van der Waals surface area contributed by atoms with Gasteiger partial charge in [0.1, 0.15) is 0 Å². The molecule has 0 atom stereocenters. The second-order valence-electron chi connectivity index (χ2n) is 6.03. The molecule has 1 aromatic rings. The van der Waals surface area contributed by atoms with Gasteiger partial charge in [-0.1, -0.05) is 12.1 Å². The van der Waals surface area contributed by atoms with E-state index in [0.717, 1.165) is 16.8 Å². The summed E-state index contributed by atoms with van der Waals surface area (Å²) >= 11 is 0. The number of amides is 2. The van der Waals surface area contributed by atoms with E-state index in [1.165, 1.54) is 0 Å². The first kappa shape index (κ1) is 15.4. The molecular formula is C16H22N2O3. The summed E-state index contributed by atoms with van der Waals surface area (Å²) in [5.74, 6) is -0.780. The first-order valence-electron chi connectivity index (χ1n) is 7.19. The van der Waals surface area contributed by atoms with Crippen LogP contribution in [0.3, 0.4) is 0 Å². The highest BCUT2D eigenvalue weighted by Crippen LogP contribution is 2.31. The van der Waals surface area contributed by atoms with Crippen LogP contribution in [0.25, 0.3) is 0 Å². The van der Waals surface area contributed by atoms with E-state index in [2.05, 4.69) is 5.32 Å². The molecule has 0 unspecified atom stereocenters.